The van der Waals surface area contributed by atoms with E-state index < -0.39 is 5.97 Å². The number of ketones is 1. The van der Waals surface area contributed by atoms with Crippen LogP contribution in [0.5, 0.6) is 0 Å². The monoisotopic (exact) mass is 295 g/mol. The Kier molecular flexibility index (Phi) is 5.09. The van der Waals surface area contributed by atoms with Gasteiger partial charge in [-0.2, -0.15) is 0 Å². The van der Waals surface area contributed by atoms with Gasteiger partial charge in [0.15, 0.2) is 5.78 Å². The molecule has 0 atom stereocenters. The molecule has 112 valence electrons. The molecule has 2 aromatic carbocycles. The molecular weight excluding hydrogens is 278 g/mol. The van der Waals surface area contributed by atoms with E-state index in [1.165, 1.54) is 19.4 Å². The van der Waals surface area contributed by atoms with Crippen LogP contribution in [0, 0.1) is 6.92 Å². The predicted molar refractivity (Wildman–Crippen MR) is 86.1 cm³/mol. The third-order valence-corrected chi connectivity index (χ3v) is 3.11. The number of carbonyl (C=O) groups is 2. The van der Waals surface area contributed by atoms with Crippen molar-refractivity contribution in [1.29, 1.82) is 0 Å². The molecular formula is C18H17NO3. The van der Waals surface area contributed by atoms with Crippen LogP contribution in [0.4, 0.5) is 5.69 Å². The van der Waals surface area contributed by atoms with E-state index in [1.807, 2.05) is 25.1 Å². The predicted octanol–water partition coefficient (Wildman–Crippen LogP) is 3.59. The molecule has 0 aliphatic rings. The minimum Gasteiger partial charge on any atom is -0.465 e. The average Bonchev–Trinajstić information content (AvgIpc) is 2.54. The lowest BCUT2D eigenvalue weighted by Gasteiger charge is -2.06. The smallest absolute Gasteiger partial charge is 0.339 e. The number of hydrogen-bond donors (Lipinski definition) is 1. The van der Waals surface area contributed by atoms with Crippen molar-refractivity contribution in [3.05, 3.63) is 77.5 Å². The number of para-hydroxylation sites is 1. The molecule has 0 heterocycles. The fourth-order valence-electron chi connectivity index (χ4n) is 2.00. The van der Waals surface area contributed by atoms with Crippen molar-refractivity contribution < 1.29 is 14.3 Å². The summed E-state index contributed by atoms with van der Waals surface area (Å²) in [6.45, 7) is 1.94. The van der Waals surface area contributed by atoms with Crippen molar-refractivity contribution in [2.75, 3.05) is 12.4 Å². The highest BCUT2D eigenvalue weighted by molar-refractivity contribution is 6.04. The van der Waals surface area contributed by atoms with E-state index in [0.29, 0.717) is 16.8 Å². The molecule has 0 amide bonds. The number of nitrogens with one attached hydrogen (secondary N) is 1. The van der Waals surface area contributed by atoms with Gasteiger partial charge in [0.1, 0.15) is 0 Å². The van der Waals surface area contributed by atoms with E-state index in [1.54, 1.807) is 30.3 Å². The molecule has 0 saturated carbocycles. The highest BCUT2D eigenvalue weighted by Gasteiger charge is 2.09. The first-order valence-electron chi connectivity index (χ1n) is 6.83. The SMILES string of the molecule is COC(=O)c1ccccc1N/C=C\C(=O)c1cccc(C)c1. The van der Waals surface area contributed by atoms with Crippen LogP contribution in [0.15, 0.2) is 60.8 Å². The summed E-state index contributed by atoms with van der Waals surface area (Å²) in [5, 5.41) is 2.94. The maximum atomic E-state index is 12.0. The van der Waals surface area contributed by atoms with Crippen LogP contribution in [-0.2, 0) is 4.74 Å². The quantitative estimate of drug-likeness (QED) is 0.520. The Labute approximate surface area is 129 Å². The lowest BCUT2D eigenvalue weighted by Crippen LogP contribution is -2.05. The van der Waals surface area contributed by atoms with Gasteiger partial charge in [0.05, 0.1) is 18.4 Å². The number of esters is 1. The summed E-state index contributed by atoms with van der Waals surface area (Å²) >= 11 is 0. The number of carbonyl (C=O) groups excluding carboxylic acids is 2. The Morgan fingerprint density at radius 2 is 1.86 bits per heavy atom. The second-order valence-electron chi connectivity index (χ2n) is 4.75. The molecule has 2 aromatic rings. The van der Waals surface area contributed by atoms with Gasteiger partial charge < -0.3 is 10.1 Å². The van der Waals surface area contributed by atoms with Crippen LogP contribution in [0.2, 0.25) is 0 Å². The second-order valence-corrected chi connectivity index (χ2v) is 4.75. The molecule has 0 aliphatic carbocycles. The third-order valence-electron chi connectivity index (χ3n) is 3.11. The Morgan fingerprint density at radius 3 is 2.59 bits per heavy atom. The van der Waals surface area contributed by atoms with Gasteiger partial charge in [-0.25, -0.2) is 4.79 Å². The molecule has 2 rings (SSSR count). The van der Waals surface area contributed by atoms with E-state index in [0.717, 1.165) is 5.56 Å². The Balaban J connectivity index is 2.10. The van der Waals surface area contributed by atoms with Gasteiger partial charge in [-0.1, -0.05) is 35.9 Å². The van der Waals surface area contributed by atoms with E-state index in [4.69, 9.17) is 4.74 Å². The van der Waals surface area contributed by atoms with Gasteiger partial charge >= 0.3 is 5.97 Å². The van der Waals surface area contributed by atoms with E-state index >= 15 is 0 Å². The Morgan fingerprint density at radius 1 is 1.09 bits per heavy atom. The molecule has 0 unspecified atom stereocenters. The van der Waals surface area contributed by atoms with Crippen LogP contribution in [0.25, 0.3) is 0 Å². The first kappa shape index (κ1) is 15.5. The fourth-order valence-corrected chi connectivity index (χ4v) is 2.00. The first-order chi connectivity index (χ1) is 10.6. The maximum Gasteiger partial charge on any atom is 0.339 e. The second kappa shape index (κ2) is 7.22. The molecule has 22 heavy (non-hydrogen) atoms. The van der Waals surface area contributed by atoms with Crippen LogP contribution in [0.1, 0.15) is 26.3 Å². The molecule has 4 heteroatoms. The maximum absolute atomic E-state index is 12.0. The minimum atomic E-state index is -0.429. The summed E-state index contributed by atoms with van der Waals surface area (Å²) in [6, 6.07) is 14.3. The van der Waals surface area contributed by atoms with Gasteiger partial charge in [-0.05, 0) is 25.1 Å². The number of hydrogen-bond acceptors (Lipinski definition) is 4. The summed E-state index contributed by atoms with van der Waals surface area (Å²) in [6.07, 6.45) is 2.95. The van der Waals surface area contributed by atoms with Gasteiger partial charge in [0, 0.05) is 17.8 Å². The van der Waals surface area contributed by atoms with Crippen LogP contribution < -0.4 is 5.32 Å². The van der Waals surface area contributed by atoms with Gasteiger partial charge in [-0.15, -0.1) is 0 Å². The van der Waals surface area contributed by atoms with Crippen LogP contribution in [-0.4, -0.2) is 18.9 Å². The number of benzene rings is 2. The third kappa shape index (κ3) is 3.82. The summed E-state index contributed by atoms with van der Waals surface area (Å²) in [5.41, 5.74) is 2.66. The van der Waals surface area contributed by atoms with Crippen molar-refractivity contribution in [2.24, 2.45) is 0 Å². The molecule has 0 saturated heterocycles. The van der Waals surface area contributed by atoms with Gasteiger partial charge in [0.2, 0.25) is 0 Å². The zero-order valence-electron chi connectivity index (χ0n) is 12.5. The molecule has 0 bridgehead atoms. The fraction of sp³-hybridized carbons (Fsp3) is 0.111. The van der Waals surface area contributed by atoms with Crippen molar-refractivity contribution >= 4 is 17.4 Å². The normalized spacial score (nSPS) is 10.5. The van der Waals surface area contributed by atoms with E-state index in [-0.39, 0.29) is 5.78 Å². The lowest BCUT2D eigenvalue weighted by molar-refractivity contribution is 0.0602. The standard InChI is InChI=1S/C18H17NO3/c1-13-6-5-7-14(12-13)17(20)10-11-19-16-9-4-3-8-15(16)18(21)22-2/h3-12,19H,1-2H3/b11-10-. The molecule has 1 N–H and O–H groups in total. The van der Waals surface area contributed by atoms with Crippen LogP contribution in [0.3, 0.4) is 0 Å². The van der Waals surface area contributed by atoms with E-state index in [2.05, 4.69) is 5.32 Å². The molecule has 0 fully saturated rings. The Bertz CT molecular complexity index is 720. The van der Waals surface area contributed by atoms with Crippen molar-refractivity contribution in [2.45, 2.75) is 6.92 Å². The molecule has 0 spiro atoms. The van der Waals surface area contributed by atoms with Crippen molar-refractivity contribution in [3.63, 3.8) is 0 Å². The number of anilines is 1. The number of methoxy groups -OCH3 is 1. The largest absolute Gasteiger partial charge is 0.465 e. The topological polar surface area (TPSA) is 55.4 Å². The van der Waals surface area contributed by atoms with E-state index in [9.17, 15) is 9.59 Å². The summed E-state index contributed by atoms with van der Waals surface area (Å²) < 4.78 is 4.72. The summed E-state index contributed by atoms with van der Waals surface area (Å²) in [4.78, 5) is 23.7. The van der Waals surface area contributed by atoms with Gasteiger partial charge in [-0.3, -0.25) is 4.79 Å². The minimum absolute atomic E-state index is 0.105. The molecule has 0 radical (unpaired) electrons. The zero-order chi connectivity index (χ0) is 15.9. The lowest BCUT2D eigenvalue weighted by atomic mass is 10.1. The first-order valence-corrected chi connectivity index (χ1v) is 6.83. The highest BCUT2D eigenvalue weighted by Crippen LogP contribution is 2.16. The van der Waals surface area contributed by atoms with Crippen molar-refractivity contribution in [1.82, 2.24) is 0 Å². The van der Waals surface area contributed by atoms with Crippen molar-refractivity contribution in [3.8, 4) is 0 Å². The molecule has 0 aromatic heterocycles. The van der Waals surface area contributed by atoms with Gasteiger partial charge in [0.25, 0.3) is 0 Å². The Hall–Kier alpha value is -2.88. The zero-order valence-corrected chi connectivity index (χ0v) is 12.5. The molecule has 4 nitrogen and oxygen atoms in total. The number of ether oxygens (including phenoxy) is 1. The average molecular weight is 295 g/mol. The molecule has 0 aliphatic heterocycles. The number of rotatable bonds is 5. The summed E-state index contributed by atoms with van der Waals surface area (Å²) in [5.74, 6) is -0.534. The number of aryl methyl sites for hydroxylation is 1. The van der Waals surface area contributed by atoms with Crippen LogP contribution >= 0.6 is 0 Å². The highest BCUT2D eigenvalue weighted by atomic mass is 16.5. The summed E-state index contributed by atoms with van der Waals surface area (Å²) in [7, 11) is 1.33. The number of allylic oxidation sites excluding steroid dienone is 1.